The molecule has 0 spiro atoms. The van der Waals surface area contributed by atoms with Crippen LogP contribution in [-0.2, 0) is 12.4 Å². The number of alkyl halides is 6. The fourth-order valence-electron chi connectivity index (χ4n) is 2.84. The molecule has 1 N–H and O–H groups in total. The van der Waals surface area contributed by atoms with Gasteiger partial charge in [-0.3, -0.25) is 9.59 Å². The third-order valence-electron chi connectivity index (χ3n) is 4.46. The summed E-state index contributed by atoms with van der Waals surface area (Å²) in [7, 11) is 1.12. The minimum Gasteiger partial charge on any atom is -0.494 e. The molecule has 0 saturated carbocycles. The molecule has 0 saturated heterocycles. The Balaban J connectivity index is 2.06. The van der Waals surface area contributed by atoms with Crippen LogP contribution >= 0.6 is 0 Å². The van der Waals surface area contributed by atoms with Crippen LogP contribution in [0.25, 0.3) is 5.69 Å². The first-order valence-electron chi connectivity index (χ1n) is 9.16. The van der Waals surface area contributed by atoms with E-state index in [-0.39, 0.29) is 17.5 Å². The van der Waals surface area contributed by atoms with Crippen LogP contribution in [0.15, 0.2) is 53.3 Å². The van der Waals surface area contributed by atoms with Crippen molar-refractivity contribution >= 4 is 11.6 Å². The highest BCUT2D eigenvalue weighted by molar-refractivity contribution is 6.04. The van der Waals surface area contributed by atoms with Crippen LogP contribution < -0.4 is 15.6 Å². The Hall–Kier alpha value is -3.83. The van der Waals surface area contributed by atoms with Crippen molar-refractivity contribution in [1.29, 1.82) is 0 Å². The Bertz CT molecular complexity index is 1220. The highest BCUT2D eigenvalue weighted by atomic mass is 19.4. The average molecular weight is 471 g/mol. The van der Waals surface area contributed by atoms with E-state index in [2.05, 4.69) is 5.10 Å². The minimum absolute atomic E-state index is 0.0634. The van der Waals surface area contributed by atoms with Gasteiger partial charge in [-0.2, -0.15) is 36.1 Å². The fourth-order valence-corrected chi connectivity index (χ4v) is 2.84. The van der Waals surface area contributed by atoms with E-state index < -0.39 is 46.3 Å². The first kappa shape index (κ1) is 23.8. The second-order valence-electron chi connectivity index (χ2n) is 6.90. The zero-order valence-electron chi connectivity index (χ0n) is 17.0. The SMILES string of the molecule is COc1cc(=O)n(-c2ccc(C)cc2)nc1C(=O)Nc1cc(C(F)(F)F)cc(C(F)(F)F)c1. The monoisotopic (exact) mass is 471 g/mol. The minimum atomic E-state index is -5.09. The summed E-state index contributed by atoms with van der Waals surface area (Å²) in [6, 6.07) is 8.01. The van der Waals surface area contributed by atoms with Gasteiger partial charge in [0, 0.05) is 5.69 Å². The zero-order chi connectivity index (χ0) is 24.6. The third-order valence-corrected chi connectivity index (χ3v) is 4.46. The number of halogens is 6. The number of aryl methyl sites for hydroxylation is 1. The van der Waals surface area contributed by atoms with Crippen LogP contribution in [0.5, 0.6) is 5.75 Å². The van der Waals surface area contributed by atoms with Crippen molar-refractivity contribution in [1.82, 2.24) is 9.78 Å². The van der Waals surface area contributed by atoms with Crippen LogP contribution in [0.3, 0.4) is 0 Å². The molecule has 1 heterocycles. The van der Waals surface area contributed by atoms with E-state index in [1.54, 1.807) is 31.2 Å². The van der Waals surface area contributed by atoms with Crippen LogP contribution in [-0.4, -0.2) is 22.8 Å². The predicted octanol–water partition coefficient (Wildman–Crippen LogP) is 4.84. The van der Waals surface area contributed by atoms with Gasteiger partial charge in [0.2, 0.25) is 0 Å². The largest absolute Gasteiger partial charge is 0.494 e. The van der Waals surface area contributed by atoms with Gasteiger partial charge in [-0.05, 0) is 37.3 Å². The van der Waals surface area contributed by atoms with Crippen molar-refractivity contribution in [3.63, 3.8) is 0 Å². The molecule has 0 aliphatic carbocycles. The summed E-state index contributed by atoms with van der Waals surface area (Å²) in [4.78, 5) is 25.1. The van der Waals surface area contributed by atoms with Crippen molar-refractivity contribution in [3.8, 4) is 11.4 Å². The van der Waals surface area contributed by atoms with Crippen molar-refractivity contribution < 1.29 is 35.9 Å². The predicted molar refractivity (Wildman–Crippen MR) is 106 cm³/mol. The van der Waals surface area contributed by atoms with E-state index in [0.29, 0.717) is 12.1 Å². The van der Waals surface area contributed by atoms with Gasteiger partial charge in [0.15, 0.2) is 11.4 Å². The number of nitrogens with zero attached hydrogens (tertiary/aromatic N) is 2. The number of nitrogens with one attached hydrogen (secondary N) is 1. The van der Waals surface area contributed by atoms with E-state index in [9.17, 15) is 35.9 Å². The third kappa shape index (κ3) is 5.33. The summed E-state index contributed by atoms with van der Waals surface area (Å²) in [5, 5.41) is 5.87. The highest BCUT2D eigenvalue weighted by Crippen LogP contribution is 2.37. The molecule has 33 heavy (non-hydrogen) atoms. The Morgan fingerprint density at radius 1 is 0.939 bits per heavy atom. The van der Waals surface area contributed by atoms with Gasteiger partial charge in [-0.1, -0.05) is 17.7 Å². The smallest absolute Gasteiger partial charge is 0.416 e. The molecule has 0 aliphatic rings. The summed E-state index contributed by atoms with van der Waals surface area (Å²) in [6.45, 7) is 1.80. The molecule has 0 unspecified atom stereocenters. The maximum atomic E-state index is 13.1. The van der Waals surface area contributed by atoms with Gasteiger partial charge in [0.25, 0.3) is 11.5 Å². The molecule has 12 heteroatoms. The van der Waals surface area contributed by atoms with Gasteiger partial charge in [0.1, 0.15) is 0 Å². The maximum absolute atomic E-state index is 13.1. The number of amides is 1. The summed E-state index contributed by atoms with van der Waals surface area (Å²) >= 11 is 0. The molecule has 2 aromatic carbocycles. The van der Waals surface area contributed by atoms with Crippen molar-refractivity contribution in [2.75, 3.05) is 12.4 Å². The van der Waals surface area contributed by atoms with Crippen molar-refractivity contribution in [3.05, 3.63) is 81.3 Å². The Morgan fingerprint density at radius 3 is 1.97 bits per heavy atom. The molecule has 0 aliphatic heterocycles. The number of methoxy groups -OCH3 is 1. The van der Waals surface area contributed by atoms with Crippen LogP contribution in [0, 0.1) is 6.92 Å². The number of carbonyl (C=O) groups excluding carboxylic acids is 1. The topological polar surface area (TPSA) is 73.2 Å². The maximum Gasteiger partial charge on any atom is 0.416 e. The number of rotatable bonds is 4. The summed E-state index contributed by atoms with van der Waals surface area (Å²) in [5.41, 5.74) is -4.01. The van der Waals surface area contributed by atoms with Gasteiger partial charge in [-0.15, -0.1) is 0 Å². The van der Waals surface area contributed by atoms with E-state index in [1.165, 1.54) is 0 Å². The van der Waals surface area contributed by atoms with Gasteiger partial charge < -0.3 is 10.1 Å². The van der Waals surface area contributed by atoms with E-state index in [1.807, 2.05) is 5.32 Å². The lowest BCUT2D eigenvalue weighted by molar-refractivity contribution is -0.143. The Kier molecular flexibility index (Phi) is 6.21. The van der Waals surface area contributed by atoms with E-state index >= 15 is 0 Å². The first-order valence-corrected chi connectivity index (χ1v) is 9.16. The lowest BCUT2D eigenvalue weighted by atomic mass is 10.1. The lowest BCUT2D eigenvalue weighted by Crippen LogP contribution is -2.26. The number of carbonyl (C=O) groups is 1. The number of anilines is 1. The number of hydrogen-bond acceptors (Lipinski definition) is 4. The summed E-state index contributed by atoms with van der Waals surface area (Å²) < 4.78 is 84.3. The molecule has 174 valence electrons. The molecule has 3 aromatic rings. The molecule has 1 amide bonds. The summed E-state index contributed by atoms with van der Waals surface area (Å²) in [6.07, 6.45) is -10.2. The molecular formula is C21H15F6N3O3. The second kappa shape index (κ2) is 8.60. The number of hydrogen-bond donors (Lipinski definition) is 1. The first-order chi connectivity index (χ1) is 15.3. The van der Waals surface area contributed by atoms with Crippen LogP contribution in [0.4, 0.5) is 32.0 Å². The van der Waals surface area contributed by atoms with E-state index in [0.717, 1.165) is 23.4 Å². The standard InChI is InChI=1S/C21H15F6N3O3/c1-11-3-5-15(6-4-11)30-17(31)10-16(33-2)18(29-30)19(32)28-14-8-12(20(22,23)24)7-13(9-14)21(25,26)27/h3-10H,1-2H3,(H,28,32). The number of aromatic nitrogens is 2. The van der Waals surface area contributed by atoms with E-state index in [4.69, 9.17) is 4.74 Å². The van der Waals surface area contributed by atoms with Crippen LogP contribution in [0.2, 0.25) is 0 Å². The molecule has 0 bridgehead atoms. The molecule has 6 nitrogen and oxygen atoms in total. The highest BCUT2D eigenvalue weighted by Gasteiger charge is 2.37. The Labute approximate surface area is 182 Å². The van der Waals surface area contributed by atoms with Crippen molar-refractivity contribution in [2.24, 2.45) is 0 Å². The zero-order valence-corrected chi connectivity index (χ0v) is 17.0. The van der Waals surface area contributed by atoms with Gasteiger partial charge >= 0.3 is 12.4 Å². The summed E-state index contributed by atoms with van der Waals surface area (Å²) in [5.74, 6) is -1.50. The molecule has 0 fully saturated rings. The average Bonchev–Trinajstić information content (AvgIpc) is 2.72. The quantitative estimate of drug-likeness (QED) is 0.553. The second-order valence-corrected chi connectivity index (χ2v) is 6.90. The van der Waals surface area contributed by atoms with Crippen molar-refractivity contribution in [2.45, 2.75) is 19.3 Å². The molecule has 3 rings (SSSR count). The number of benzene rings is 2. The fraction of sp³-hybridized carbons (Fsp3) is 0.190. The Morgan fingerprint density at radius 2 is 1.48 bits per heavy atom. The molecule has 0 radical (unpaired) electrons. The molecule has 0 atom stereocenters. The van der Waals surface area contributed by atoms with Gasteiger partial charge in [0.05, 0.1) is 30.0 Å². The van der Waals surface area contributed by atoms with Gasteiger partial charge in [-0.25, -0.2) is 0 Å². The lowest BCUT2D eigenvalue weighted by Gasteiger charge is -2.15. The van der Waals surface area contributed by atoms with Crippen LogP contribution in [0.1, 0.15) is 27.2 Å². The molecular weight excluding hydrogens is 456 g/mol. The number of ether oxygens (including phenoxy) is 1. The normalized spacial score (nSPS) is 11.9. The molecule has 1 aromatic heterocycles.